The van der Waals surface area contributed by atoms with E-state index in [1.807, 2.05) is 0 Å². The molecule has 1 nitrogen and oxygen atoms in total. The Morgan fingerprint density at radius 2 is 1.75 bits per heavy atom. The van der Waals surface area contributed by atoms with E-state index in [1.165, 1.54) is 24.1 Å². The Labute approximate surface area is 87.3 Å². The molecule has 0 aromatic rings. The molecule has 4 unspecified atom stereocenters. The molecule has 1 saturated heterocycles. The van der Waals surface area contributed by atoms with E-state index in [1.54, 1.807) is 0 Å². The van der Waals surface area contributed by atoms with Crippen molar-refractivity contribution in [2.45, 2.75) is 6.42 Å². The first kappa shape index (κ1) is 7.80. The Morgan fingerprint density at radius 1 is 1.17 bits per heavy atom. The lowest BCUT2D eigenvalue weighted by atomic mass is 9.86. The van der Waals surface area contributed by atoms with Gasteiger partial charge in [-0.15, -0.1) is 0 Å². The number of fused-ring (bicyclic) bond motifs is 5. The van der Waals surface area contributed by atoms with Crippen molar-refractivity contribution < 1.29 is 0 Å². The second kappa shape index (κ2) is 2.71. The number of allylic oxidation sites excluding steroid dienone is 2. The molecule has 2 bridgehead atoms. The summed E-state index contributed by atoms with van der Waals surface area (Å²) in [7, 11) is 0. The predicted octanol–water partition coefficient (Wildman–Crippen LogP) is 2.13. The third kappa shape index (κ3) is 0.939. The normalized spacial score (nSPS) is 50.4. The zero-order valence-electron chi connectivity index (χ0n) is 7.12. The van der Waals surface area contributed by atoms with Gasteiger partial charge in [0.05, 0.1) is 4.55 Å². The molecular weight excluding hydrogens is 261 g/mol. The van der Waals surface area contributed by atoms with Crippen LogP contribution in [0.2, 0.25) is 0 Å². The first-order valence-corrected chi connectivity index (χ1v) is 6.37. The highest BCUT2D eigenvalue weighted by atomic mass is 127. The zero-order chi connectivity index (χ0) is 8.13. The van der Waals surface area contributed by atoms with Crippen molar-refractivity contribution in [3.8, 4) is 0 Å². The summed E-state index contributed by atoms with van der Waals surface area (Å²) in [6.07, 6.45) is 6.43. The van der Waals surface area contributed by atoms with Crippen LogP contribution < -0.4 is 0 Å². The first-order chi connectivity index (χ1) is 5.88. The minimum absolute atomic E-state index is 0.952. The molecule has 3 rings (SSSR count). The highest BCUT2D eigenvalue weighted by molar-refractivity contribution is 14.1. The SMILES string of the molecule is ICN1CC2C3C=CC(C3)C2C1. The maximum Gasteiger partial charge on any atom is 0.0505 e. The van der Waals surface area contributed by atoms with Gasteiger partial charge in [0.1, 0.15) is 0 Å². The fraction of sp³-hybridized carbons (Fsp3) is 0.800. The molecule has 0 spiro atoms. The van der Waals surface area contributed by atoms with Gasteiger partial charge in [0.15, 0.2) is 0 Å². The van der Waals surface area contributed by atoms with E-state index in [-0.39, 0.29) is 0 Å². The molecule has 0 radical (unpaired) electrons. The third-order valence-corrected chi connectivity index (χ3v) is 4.87. The average molecular weight is 275 g/mol. The second-order valence-corrected chi connectivity index (χ2v) is 5.11. The van der Waals surface area contributed by atoms with Crippen molar-refractivity contribution in [1.82, 2.24) is 4.90 Å². The van der Waals surface area contributed by atoms with Gasteiger partial charge in [-0.2, -0.15) is 0 Å². The quantitative estimate of drug-likeness (QED) is 0.307. The van der Waals surface area contributed by atoms with Crippen molar-refractivity contribution in [3.63, 3.8) is 0 Å². The Hall–Kier alpha value is 0.430. The van der Waals surface area contributed by atoms with Crippen LogP contribution in [0.15, 0.2) is 12.2 Å². The number of likely N-dealkylation sites (tertiary alicyclic amines) is 1. The summed E-state index contributed by atoms with van der Waals surface area (Å²) in [4.78, 5) is 2.61. The number of nitrogens with zero attached hydrogens (tertiary/aromatic N) is 1. The highest BCUT2D eigenvalue weighted by Gasteiger charge is 2.48. The van der Waals surface area contributed by atoms with Crippen molar-refractivity contribution in [3.05, 3.63) is 12.2 Å². The fourth-order valence-corrected chi connectivity index (χ4v) is 3.89. The van der Waals surface area contributed by atoms with Crippen molar-refractivity contribution in [1.29, 1.82) is 0 Å². The lowest BCUT2D eigenvalue weighted by molar-refractivity contribution is 0.353. The third-order valence-electron chi connectivity index (χ3n) is 3.91. The molecule has 66 valence electrons. The van der Waals surface area contributed by atoms with Gasteiger partial charge in [0.2, 0.25) is 0 Å². The largest absolute Gasteiger partial charge is 0.294 e. The highest BCUT2D eigenvalue weighted by Crippen LogP contribution is 2.51. The van der Waals surface area contributed by atoms with Crippen LogP contribution >= 0.6 is 22.6 Å². The standard InChI is InChI=1S/C10H14IN/c11-6-12-4-9-7-1-2-8(3-7)10(9)5-12/h1-2,7-10H,3-6H2. The van der Waals surface area contributed by atoms with E-state index < -0.39 is 0 Å². The second-order valence-electron chi connectivity index (χ2n) is 4.43. The number of hydrogen-bond acceptors (Lipinski definition) is 1. The molecule has 1 aliphatic heterocycles. The van der Waals surface area contributed by atoms with Gasteiger partial charge in [-0.05, 0) is 30.1 Å². The van der Waals surface area contributed by atoms with Crippen LogP contribution in [0.25, 0.3) is 0 Å². The van der Waals surface area contributed by atoms with E-state index in [4.69, 9.17) is 0 Å². The molecule has 1 saturated carbocycles. The summed E-state index contributed by atoms with van der Waals surface area (Å²) in [5.74, 6) is 3.95. The fourth-order valence-electron chi connectivity index (χ4n) is 3.34. The Bertz CT molecular complexity index is 206. The zero-order valence-corrected chi connectivity index (χ0v) is 9.28. The van der Waals surface area contributed by atoms with Gasteiger partial charge in [-0.25, -0.2) is 0 Å². The molecule has 0 amide bonds. The first-order valence-electron chi connectivity index (χ1n) is 4.85. The molecule has 2 fully saturated rings. The number of rotatable bonds is 1. The van der Waals surface area contributed by atoms with Crippen molar-refractivity contribution >= 4 is 22.6 Å². The van der Waals surface area contributed by atoms with Crippen LogP contribution in [0.3, 0.4) is 0 Å². The van der Waals surface area contributed by atoms with Crippen molar-refractivity contribution in [2.24, 2.45) is 23.7 Å². The molecule has 3 aliphatic rings. The van der Waals surface area contributed by atoms with E-state index in [9.17, 15) is 0 Å². The van der Waals surface area contributed by atoms with Crippen LogP contribution in [-0.4, -0.2) is 22.5 Å². The summed E-state index contributed by atoms with van der Waals surface area (Å²) >= 11 is 2.49. The minimum atomic E-state index is 0.952. The molecule has 12 heavy (non-hydrogen) atoms. The van der Waals surface area contributed by atoms with Crippen LogP contribution in [0.1, 0.15) is 6.42 Å². The lowest BCUT2D eigenvalue weighted by Crippen LogP contribution is -2.20. The van der Waals surface area contributed by atoms with Crippen LogP contribution in [0.4, 0.5) is 0 Å². The summed E-state index contributed by atoms with van der Waals surface area (Å²) in [5.41, 5.74) is 0. The number of halogens is 1. The summed E-state index contributed by atoms with van der Waals surface area (Å²) < 4.78 is 1.23. The van der Waals surface area contributed by atoms with Gasteiger partial charge >= 0.3 is 0 Å². The van der Waals surface area contributed by atoms with Crippen molar-refractivity contribution in [2.75, 3.05) is 17.6 Å². The molecule has 0 aromatic carbocycles. The molecule has 1 heterocycles. The maximum atomic E-state index is 2.61. The summed E-state index contributed by atoms with van der Waals surface area (Å²) in [5, 5.41) is 0. The molecule has 0 aromatic heterocycles. The summed E-state index contributed by atoms with van der Waals surface area (Å²) in [6, 6.07) is 0. The van der Waals surface area contributed by atoms with Gasteiger partial charge in [-0.1, -0.05) is 34.7 Å². The van der Waals surface area contributed by atoms with E-state index in [0.29, 0.717) is 0 Å². The monoisotopic (exact) mass is 275 g/mol. The molecule has 2 aliphatic carbocycles. The average Bonchev–Trinajstić information content (AvgIpc) is 2.75. The molecule has 0 N–H and O–H groups in total. The Morgan fingerprint density at radius 3 is 2.25 bits per heavy atom. The van der Waals surface area contributed by atoms with Gasteiger partial charge in [-0.3, -0.25) is 4.90 Å². The minimum Gasteiger partial charge on any atom is -0.294 e. The van der Waals surface area contributed by atoms with Crippen LogP contribution in [0.5, 0.6) is 0 Å². The Balaban J connectivity index is 1.82. The Kier molecular flexibility index (Phi) is 1.76. The van der Waals surface area contributed by atoms with Crippen LogP contribution in [-0.2, 0) is 0 Å². The number of hydrogen-bond donors (Lipinski definition) is 0. The molecule has 4 atom stereocenters. The van der Waals surface area contributed by atoms with Gasteiger partial charge in [0, 0.05) is 13.1 Å². The maximum absolute atomic E-state index is 2.61. The van der Waals surface area contributed by atoms with Crippen LogP contribution in [0, 0.1) is 23.7 Å². The van der Waals surface area contributed by atoms with Gasteiger partial charge in [0.25, 0.3) is 0 Å². The van der Waals surface area contributed by atoms with E-state index in [2.05, 4.69) is 39.6 Å². The topological polar surface area (TPSA) is 3.24 Å². The number of alkyl halides is 1. The smallest absolute Gasteiger partial charge is 0.0505 e. The molecule has 2 heteroatoms. The molecular formula is C10H14IN. The predicted molar refractivity (Wildman–Crippen MR) is 58.2 cm³/mol. The lowest BCUT2D eigenvalue weighted by Gasteiger charge is -2.17. The summed E-state index contributed by atoms with van der Waals surface area (Å²) in [6.45, 7) is 2.75. The van der Waals surface area contributed by atoms with E-state index in [0.717, 1.165) is 23.7 Å². The van der Waals surface area contributed by atoms with Gasteiger partial charge < -0.3 is 0 Å². The van der Waals surface area contributed by atoms with E-state index >= 15 is 0 Å².